The zero-order valence-electron chi connectivity index (χ0n) is 10.6. The number of aliphatic imine (C=N–C) groups is 1. The average molecular weight is 342 g/mol. The molecule has 1 aromatic carbocycles. The number of benzene rings is 1. The fourth-order valence-corrected chi connectivity index (χ4v) is 2.32. The number of carbonyl (C=O) groups excluding carboxylic acids is 1. The van der Waals surface area contributed by atoms with Crippen molar-refractivity contribution in [3.8, 4) is 0 Å². The smallest absolute Gasteiger partial charge is 0.413 e. The third kappa shape index (κ3) is 2.90. The molecular formula is C12H12BrN3O4. The third-order valence-corrected chi connectivity index (χ3v) is 3.25. The van der Waals surface area contributed by atoms with E-state index < -0.39 is 12.2 Å². The number of halogens is 1. The van der Waals surface area contributed by atoms with Gasteiger partial charge < -0.3 is 9.84 Å². The van der Waals surface area contributed by atoms with E-state index in [0.29, 0.717) is 21.4 Å². The molecule has 0 radical (unpaired) electrons. The molecule has 8 heteroatoms. The fraction of sp³-hybridized carbons (Fsp3) is 0.250. The minimum atomic E-state index is -1.11. The first-order valence-electron chi connectivity index (χ1n) is 5.80. The number of carbonyl (C=O) groups is 2. The zero-order valence-corrected chi connectivity index (χ0v) is 12.2. The van der Waals surface area contributed by atoms with Gasteiger partial charge in [-0.1, -0.05) is 0 Å². The summed E-state index contributed by atoms with van der Waals surface area (Å²) in [5, 5.41) is 11.7. The number of fused-ring (bicyclic) bond motifs is 1. The van der Waals surface area contributed by atoms with Gasteiger partial charge in [0.2, 0.25) is 0 Å². The van der Waals surface area contributed by atoms with E-state index >= 15 is 0 Å². The van der Waals surface area contributed by atoms with Crippen molar-refractivity contribution in [3.63, 3.8) is 0 Å². The second-order valence-corrected chi connectivity index (χ2v) is 4.75. The largest absolute Gasteiger partial charge is 0.465 e. The van der Waals surface area contributed by atoms with Gasteiger partial charge in [0.1, 0.15) is 6.67 Å². The molecule has 0 aliphatic carbocycles. The summed E-state index contributed by atoms with van der Waals surface area (Å²) in [4.78, 5) is 27.7. The Kier molecular flexibility index (Phi) is 4.23. The summed E-state index contributed by atoms with van der Waals surface area (Å²) in [5.74, 6) is 0. The van der Waals surface area contributed by atoms with E-state index in [9.17, 15) is 9.59 Å². The van der Waals surface area contributed by atoms with Gasteiger partial charge in [0, 0.05) is 21.9 Å². The number of rotatable bonds is 2. The molecule has 2 amide bonds. The van der Waals surface area contributed by atoms with Crippen molar-refractivity contribution < 1.29 is 19.4 Å². The second-order valence-electron chi connectivity index (χ2n) is 3.90. The van der Waals surface area contributed by atoms with Crippen molar-refractivity contribution in [2.75, 3.05) is 23.5 Å². The minimum absolute atomic E-state index is 0.0254. The van der Waals surface area contributed by atoms with Crippen LogP contribution in [0.4, 0.5) is 21.0 Å². The van der Waals surface area contributed by atoms with E-state index in [4.69, 9.17) is 9.84 Å². The lowest BCUT2D eigenvalue weighted by atomic mass is 10.1. The van der Waals surface area contributed by atoms with Gasteiger partial charge in [-0.15, -0.1) is 0 Å². The first kappa shape index (κ1) is 14.3. The second kappa shape index (κ2) is 5.91. The van der Waals surface area contributed by atoms with E-state index in [1.165, 1.54) is 0 Å². The summed E-state index contributed by atoms with van der Waals surface area (Å²) in [5.41, 5.74) is 1.54. The van der Waals surface area contributed by atoms with Gasteiger partial charge in [-0.2, -0.15) is 0 Å². The van der Waals surface area contributed by atoms with Crippen LogP contribution in [-0.4, -0.2) is 36.8 Å². The lowest BCUT2D eigenvalue weighted by molar-refractivity contribution is 0.168. The molecule has 0 fully saturated rings. The standard InChI is InChI=1S/C12H12BrN3O4/c1-2-20-11(17)15-7-3-9(13)8-5-14-6-16(12(18)19)10(8)4-7/h3-5H,2,6H2,1H3,(H,15,17)(H,18,19). The first-order valence-corrected chi connectivity index (χ1v) is 6.59. The molecule has 2 N–H and O–H groups in total. The summed E-state index contributed by atoms with van der Waals surface area (Å²) in [6, 6.07) is 3.23. The van der Waals surface area contributed by atoms with Gasteiger partial charge in [0.05, 0.1) is 12.3 Å². The van der Waals surface area contributed by atoms with Gasteiger partial charge in [-0.25, -0.2) is 9.59 Å². The Labute approximate surface area is 123 Å². The van der Waals surface area contributed by atoms with Crippen LogP contribution >= 0.6 is 15.9 Å². The maximum Gasteiger partial charge on any atom is 0.413 e. The van der Waals surface area contributed by atoms with Crippen LogP contribution in [0.15, 0.2) is 21.6 Å². The van der Waals surface area contributed by atoms with Crippen LogP contribution in [0, 0.1) is 0 Å². The predicted molar refractivity (Wildman–Crippen MR) is 77.8 cm³/mol. The van der Waals surface area contributed by atoms with E-state index in [1.54, 1.807) is 25.3 Å². The molecule has 7 nitrogen and oxygen atoms in total. The van der Waals surface area contributed by atoms with Crippen molar-refractivity contribution >= 4 is 45.7 Å². The van der Waals surface area contributed by atoms with Crippen molar-refractivity contribution in [3.05, 3.63) is 22.2 Å². The highest BCUT2D eigenvalue weighted by Gasteiger charge is 2.22. The van der Waals surface area contributed by atoms with Crippen LogP contribution in [0.25, 0.3) is 0 Å². The van der Waals surface area contributed by atoms with Crippen LogP contribution in [-0.2, 0) is 4.74 Å². The zero-order chi connectivity index (χ0) is 14.7. The predicted octanol–water partition coefficient (Wildman–Crippen LogP) is 2.89. The molecule has 106 valence electrons. The SMILES string of the molecule is CCOC(=O)Nc1cc(Br)c2c(c1)N(C(=O)O)CN=C2. The molecule has 0 saturated heterocycles. The molecule has 0 atom stereocenters. The van der Waals surface area contributed by atoms with Gasteiger partial charge in [0.25, 0.3) is 0 Å². The van der Waals surface area contributed by atoms with Crippen molar-refractivity contribution in [2.24, 2.45) is 4.99 Å². The Morgan fingerprint density at radius 1 is 1.55 bits per heavy atom. The molecule has 0 bridgehead atoms. The average Bonchev–Trinajstić information content (AvgIpc) is 2.38. The number of nitrogens with one attached hydrogen (secondary N) is 1. The van der Waals surface area contributed by atoms with Gasteiger partial charge >= 0.3 is 12.2 Å². The molecule has 2 rings (SSSR count). The summed E-state index contributed by atoms with van der Waals surface area (Å²) in [6.07, 6.45) is -0.110. The van der Waals surface area contributed by atoms with E-state index in [-0.39, 0.29) is 13.3 Å². The number of carboxylic acid groups (broad SMARTS) is 1. The first-order chi connectivity index (χ1) is 9.52. The molecule has 1 aliphatic heterocycles. The van der Waals surface area contributed by atoms with Crippen LogP contribution < -0.4 is 10.2 Å². The summed E-state index contributed by atoms with van der Waals surface area (Å²) in [7, 11) is 0. The van der Waals surface area contributed by atoms with E-state index in [1.807, 2.05) is 0 Å². The molecule has 1 aliphatic rings. The Hall–Kier alpha value is -2.09. The normalized spacial score (nSPS) is 12.8. The number of hydrogen-bond donors (Lipinski definition) is 2. The maximum atomic E-state index is 11.4. The van der Waals surface area contributed by atoms with Gasteiger partial charge in [0.15, 0.2) is 0 Å². The summed E-state index contributed by atoms with van der Waals surface area (Å²) < 4.78 is 5.42. The Balaban J connectivity index is 2.37. The number of amides is 2. The molecule has 20 heavy (non-hydrogen) atoms. The Morgan fingerprint density at radius 2 is 2.30 bits per heavy atom. The molecule has 0 aromatic heterocycles. The third-order valence-electron chi connectivity index (χ3n) is 2.59. The fourth-order valence-electron chi connectivity index (χ4n) is 1.77. The highest BCUT2D eigenvalue weighted by molar-refractivity contribution is 9.10. The molecule has 0 saturated carbocycles. The quantitative estimate of drug-likeness (QED) is 0.865. The van der Waals surface area contributed by atoms with E-state index in [2.05, 4.69) is 26.2 Å². The van der Waals surface area contributed by atoms with Crippen molar-refractivity contribution in [2.45, 2.75) is 6.92 Å². The maximum absolute atomic E-state index is 11.4. The highest BCUT2D eigenvalue weighted by atomic mass is 79.9. The molecular weight excluding hydrogens is 330 g/mol. The van der Waals surface area contributed by atoms with Gasteiger partial charge in [-0.05, 0) is 35.0 Å². The molecule has 1 heterocycles. The van der Waals surface area contributed by atoms with Crippen LogP contribution in [0.2, 0.25) is 0 Å². The Morgan fingerprint density at radius 3 is 2.95 bits per heavy atom. The monoisotopic (exact) mass is 341 g/mol. The lowest BCUT2D eigenvalue weighted by Gasteiger charge is -2.24. The summed E-state index contributed by atoms with van der Waals surface area (Å²) >= 11 is 3.34. The van der Waals surface area contributed by atoms with Crippen LogP contribution in [0.5, 0.6) is 0 Å². The molecule has 1 aromatic rings. The highest BCUT2D eigenvalue weighted by Crippen LogP contribution is 2.33. The number of ether oxygens (including phenoxy) is 1. The number of anilines is 2. The van der Waals surface area contributed by atoms with E-state index in [0.717, 1.165) is 4.90 Å². The Bertz CT molecular complexity index is 588. The topological polar surface area (TPSA) is 91.2 Å². The van der Waals surface area contributed by atoms with Crippen LogP contribution in [0.3, 0.4) is 0 Å². The van der Waals surface area contributed by atoms with Crippen molar-refractivity contribution in [1.82, 2.24) is 0 Å². The van der Waals surface area contributed by atoms with Crippen LogP contribution in [0.1, 0.15) is 12.5 Å². The lowest BCUT2D eigenvalue weighted by Crippen LogP contribution is -2.32. The molecule has 0 spiro atoms. The number of nitrogens with zero attached hydrogens (tertiary/aromatic N) is 2. The number of hydrogen-bond acceptors (Lipinski definition) is 4. The van der Waals surface area contributed by atoms with Crippen molar-refractivity contribution in [1.29, 1.82) is 0 Å². The summed E-state index contributed by atoms with van der Waals surface area (Å²) in [6.45, 7) is 1.98. The molecule has 0 unspecified atom stereocenters. The van der Waals surface area contributed by atoms with Gasteiger partial charge in [-0.3, -0.25) is 15.2 Å². The minimum Gasteiger partial charge on any atom is -0.465 e.